The predicted molar refractivity (Wildman–Crippen MR) is 87.2 cm³/mol. The fourth-order valence-corrected chi connectivity index (χ4v) is 2.67. The van der Waals surface area contributed by atoms with Gasteiger partial charge in [0, 0.05) is 6.07 Å². The van der Waals surface area contributed by atoms with Crippen LogP contribution in [0.2, 0.25) is 0 Å². The molecule has 1 aliphatic rings. The molecule has 128 valence electrons. The Morgan fingerprint density at radius 1 is 1.43 bits per heavy atom. The second-order valence-electron chi connectivity index (χ2n) is 6.37. The number of hydrogen-bond donors (Lipinski definition) is 3. The molecule has 0 spiro atoms. The van der Waals surface area contributed by atoms with E-state index in [0.717, 1.165) is 6.42 Å². The molecule has 3 N–H and O–H groups in total. The molecule has 1 saturated carbocycles. The lowest BCUT2D eigenvalue weighted by Gasteiger charge is -2.20. The van der Waals surface area contributed by atoms with Crippen molar-refractivity contribution in [2.45, 2.75) is 52.1 Å². The lowest BCUT2D eigenvalue weighted by molar-refractivity contribution is -0.140. The van der Waals surface area contributed by atoms with Gasteiger partial charge < -0.3 is 10.4 Å². The van der Waals surface area contributed by atoms with Crippen LogP contribution in [0.4, 0.5) is 5.82 Å². The summed E-state index contributed by atoms with van der Waals surface area (Å²) in [4.78, 5) is 23.3. The van der Waals surface area contributed by atoms with Crippen molar-refractivity contribution in [1.82, 2.24) is 15.1 Å². The SMILES string of the molecule is CC[C@H](C)[C@H](NCC(=O)Nc1ccnn1C(C)C1CC1)C(=O)O. The van der Waals surface area contributed by atoms with Gasteiger partial charge in [0.25, 0.3) is 0 Å². The standard InChI is InChI=1S/C16H26N4O3/c1-4-10(2)15(16(22)23)17-9-14(21)19-13-7-8-18-20(13)11(3)12-5-6-12/h7-8,10-12,15,17H,4-6,9H2,1-3H3,(H,19,21)(H,22,23)/t10-,11?,15-/m0/s1. The summed E-state index contributed by atoms with van der Waals surface area (Å²) in [7, 11) is 0. The molecule has 0 aliphatic heterocycles. The van der Waals surface area contributed by atoms with Gasteiger partial charge in [0.2, 0.25) is 5.91 Å². The van der Waals surface area contributed by atoms with Gasteiger partial charge in [0.1, 0.15) is 11.9 Å². The maximum atomic E-state index is 12.1. The molecule has 1 fully saturated rings. The predicted octanol–water partition coefficient (Wildman–Crippen LogP) is 1.88. The Morgan fingerprint density at radius 3 is 2.70 bits per heavy atom. The van der Waals surface area contributed by atoms with Crippen LogP contribution in [0.5, 0.6) is 0 Å². The minimum absolute atomic E-state index is 0.0374. The third kappa shape index (κ3) is 4.54. The normalized spacial score (nSPS) is 18.2. The molecular formula is C16H26N4O3. The molecule has 1 amide bonds. The van der Waals surface area contributed by atoms with E-state index >= 15 is 0 Å². The lowest BCUT2D eigenvalue weighted by atomic mass is 9.99. The van der Waals surface area contributed by atoms with Gasteiger partial charge in [-0.3, -0.25) is 14.9 Å². The number of nitrogens with one attached hydrogen (secondary N) is 2. The van der Waals surface area contributed by atoms with Gasteiger partial charge in [-0.2, -0.15) is 5.10 Å². The highest BCUT2D eigenvalue weighted by atomic mass is 16.4. The van der Waals surface area contributed by atoms with Crippen LogP contribution >= 0.6 is 0 Å². The first-order valence-corrected chi connectivity index (χ1v) is 8.23. The highest BCUT2D eigenvalue weighted by molar-refractivity contribution is 5.91. The van der Waals surface area contributed by atoms with E-state index < -0.39 is 12.0 Å². The molecule has 2 rings (SSSR count). The average Bonchev–Trinajstić information content (AvgIpc) is 3.26. The number of aliphatic carboxylic acids is 1. The third-order valence-corrected chi connectivity index (χ3v) is 4.59. The Balaban J connectivity index is 1.90. The van der Waals surface area contributed by atoms with Gasteiger partial charge in [-0.05, 0) is 31.6 Å². The van der Waals surface area contributed by atoms with Crippen molar-refractivity contribution in [2.24, 2.45) is 11.8 Å². The fraction of sp³-hybridized carbons (Fsp3) is 0.688. The molecule has 0 aromatic carbocycles. The first-order valence-electron chi connectivity index (χ1n) is 8.23. The molecule has 0 saturated heterocycles. The van der Waals surface area contributed by atoms with E-state index in [0.29, 0.717) is 11.7 Å². The van der Waals surface area contributed by atoms with Gasteiger partial charge in [-0.1, -0.05) is 20.3 Å². The molecule has 1 aliphatic carbocycles. The van der Waals surface area contributed by atoms with Gasteiger partial charge in [-0.25, -0.2) is 4.68 Å². The van der Waals surface area contributed by atoms with Crippen LogP contribution in [0.15, 0.2) is 12.3 Å². The number of nitrogens with zero attached hydrogens (tertiary/aromatic N) is 2. The first-order chi connectivity index (χ1) is 10.9. The number of carboxylic acid groups (broad SMARTS) is 1. The highest BCUT2D eigenvalue weighted by Crippen LogP contribution is 2.40. The summed E-state index contributed by atoms with van der Waals surface area (Å²) in [5.41, 5.74) is 0. The number of carbonyl (C=O) groups excluding carboxylic acids is 1. The number of anilines is 1. The van der Waals surface area contributed by atoms with Crippen LogP contribution in [0, 0.1) is 11.8 Å². The quantitative estimate of drug-likeness (QED) is 0.645. The maximum absolute atomic E-state index is 12.1. The van der Waals surface area contributed by atoms with Crippen LogP contribution in [-0.2, 0) is 9.59 Å². The van der Waals surface area contributed by atoms with Gasteiger partial charge >= 0.3 is 5.97 Å². The van der Waals surface area contributed by atoms with Crippen LogP contribution in [0.25, 0.3) is 0 Å². The maximum Gasteiger partial charge on any atom is 0.320 e. The van der Waals surface area contributed by atoms with E-state index in [2.05, 4.69) is 22.7 Å². The largest absolute Gasteiger partial charge is 0.480 e. The van der Waals surface area contributed by atoms with Crippen molar-refractivity contribution in [3.63, 3.8) is 0 Å². The second kappa shape index (κ2) is 7.59. The number of rotatable bonds is 9. The van der Waals surface area contributed by atoms with E-state index in [1.807, 2.05) is 18.5 Å². The summed E-state index contributed by atoms with van der Waals surface area (Å²) in [6.07, 6.45) is 4.80. The van der Waals surface area contributed by atoms with Gasteiger partial charge in [0.05, 0.1) is 18.8 Å². The summed E-state index contributed by atoms with van der Waals surface area (Å²) < 4.78 is 1.83. The Morgan fingerprint density at radius 2 is 2.13 bits per heavy atom. The van der Waals surface area contributed by atoms with E-state index in [4.69, 9.17) is 0 Å². The highest BCUT2D eigenvalue weighted by Gasteiger charge is 2.31. The van der Waals surface area contributed by atoms with Gasteiger partial charge in [0.15, 0.2) is 0 Å². The van der Waals surface area contributed by atoms with Crippen molar-refractivity contribution in [3.05, 3.63) is 12.3 Å². The average molecular weight is 322 g/mol. The molecular weight excluding hydrogens is 296 g/mol. The van der Waals surface area contributed by atoms with E-state index in [-0.39, 0.29) is 24.4 Å². The molecule has 7 nitrogen and oxygen atoms in total. The Labute approximate surface area is 136 Å². The molecule has 1 heterocycles. The summed E-state index contributed by atoms with van der Waals surface area (Å²) in [5, 5.41) is 19.1. The Bertz CT molecular complexity index is 553. The zero-order valence-electron chi connectivity index (χ0n) is 14.0. The number of carboxylic acids is 1. The molecule has 1 aromatic rings. The minimum atomic E-state index is -0.931. The molecule has 7 heteroatoms. The lowest BCUT2D eigenvalue weighted by Crippen LogP contribution is -2.45. The Hall–Kier alpha value is -1.89. The number of carbonyl (C=O) groups is 2. The van der Waals surface area contributed by atoms with Crippen molar-refractivity contribution in [3.8, 4) is 0 Å². The zero-order chi connectivity index (χ0) is 17.0. The Kier molecular flexibility index (Phi) is 5.76. The molecule has 3 atom stereocenters. The zero-order valence-corrected chi connectivity index (χ0v) is 14.0. The summed E-state index contributed by atoms with van der Waals surface area (Å²) in [6.45, 7) is 5.85. The number of hydrogen-bond acceptors (Lipinski definition) is 4. The molecule has 0 bridgehead atoms. The van der Waals surface area contributed by atoms with Crippen molar-refractivity contribution < 1.29 is 14.7 Å². The minimum Gasteiger partial charge on any atom is -0.480 e. The molecule has 1 unspecified atom stereocenters. The topological polar surface area (TPSA) is 96.3 Å². The second-order valence-corrected chi connectivity index (χ2v) is 6.37. The van der Waals surface area contributed by atoms with E-state index in [9.17, 15) is 14.7 Å². The first kappa shape index (κ1) is 17.5. The van der Waals surface area contributed by atoms with Crippen molar-refractivity contribution in [2.75, 3.05) is 11.9 Å². The van der Waals surface area contributed by atoms with Gasteiger partial charge in [-0.15, -0.1) is 0 Å². The third-order valence-electron chi connectivity index (χ3n) is 4.59. The number of amides is 1. The van der Waals surface area contributed by atoms with Crippen molar-refractivity contribution >= 4 is 17.7 Å². The van der Waals surface area contributed by atoms with E-state index in [1.54, 1.807) is 12.3 Å². The van der Waals surface area contributed by atoms with Crippen molar-refractivity contribution in [1.29, 1.82) is 0 Å². The van der Waals surface area contributed by atoms with Crippen LogP contribution in [-0.4, -0.2) is 39.4 Å². The molecule has 0 radical (unpaired) electrons. The monoisotopic (exact) mass is 322 g/mol. The fourth-order valence-electron chi connectivity index (χ4n) is 2.67. The molecule has 1 aromatic heterocycles. The summed E-state index contributed by atoms with van der Waals surface area (Å²) in [5.74, 6) is 0.0571. The van der Waals surface area contributed by atoms with E-state index in [1.165, 1.54) is 12.8 Å². The smallest absolute Gasteiger partial charge is 0.320 e. The van der Waals surface area contributed by atoms with Crippen LogP contribution in [0.1, 0.15) is 46.1 Å². The summed E-state index contributed by atoms with van der Waals surface area (Å²) >= 11 is 0. The van der Waals surface area contributed by atoms with Crippen LogP contribution in [0.3, 0.4) is 0 Å². The molecule has 23 heavy (non-hydrogen) atoms. The summed E-state index contributed by atoms with van der Waals surface area (Å²) in [6, 6.07) is 1.31. The number of aromatic nitrogens is 2. The van der Waals surface area contributed by atoms with Crippen LogP contribution < -0.4 is 10.6 Å².